The Labute approximate surface area is 138 Å². The molecule has 0 fully saturated rings. The SMILES string of the molecule is COC(=O)/C=C/[C@H](C)N(Cc1ccccc1)Cc1ccccc1. The minimum atomic E-state index is -0.323. The van der Waals surface area contributed by atoms with Crippen molar-refractivity contribution in [1.29, 1.82) is 0 Å². The fraction of sp³-hybridized carbons (Fsp3) is 0.250. The van der Waals surface area contributed by atoms with Gasteiger partial charge in [0, 0.05) is 25.2 Å². The zero-order valence-corrected chi connectivity index (χ0v) is 13.7. The van der Waals surface area contributed by atoms with Crippen molar-refractivity contribution in [2.24, 2.45) is 0 Å². The molecular formula is C20H23NO2. The summed E-state index contributed by atoms with van der Waals surface area (Å²) < 4.78 is 4.67. The highest BCUT2D eigenvalue weighted by atomic mass is 16.5. The molecule has 23 heavy (non-hydrogen) atoms. The molecular weight excluding hydrogens is 286 g/mol. The van der Waals surface area contributed by atoms with Crippen molar-refractivity contribution in [1.82, 2.24) is 4.90 Å². The Hall–Kier alpha value is -2.39. The van der Waals surface area contributed by atoms with Gasteiger partial charge < -0.3 is 4.74 Å². The smallest absolute Gasteiger partial charge is 0.330 e. The van der Waals surface area contributed by atoms with E-state index in [0.29, 0.717) is 0 Å². The third-order valence-corrected chi connectivity index (χ3v) is 3.74. The number of carbonyl (C=O) groups is 1. The van der Waals surface area contributed by atoms with Crippen LogP contribution in [-0.2, 0) is 22.6 Å². The lowest BCUT2D eigenvalue weighted by atomic mass is 10.1. The number of hydrogen-bond donors (Lipinski definition) is 0. The highest BCUT2D eigenvalue weighted by Crippen LogP contribution is 2.14. The van der Waals surface area contributed by atoms with Gasteiger partial charge in [0.15, 0.2) is 0 Å². The second kappa shape index (κ2) is 8.91. The minimum Gasteiger partial charge on any atom is -0.466 e. The normalized spacial score (nSPS) is 12.5. The van der Waals surface area contributed by atoms with Crippen molar-refractivity contribution in [3.05, 3.63) is 83.9 Å². The van der Waals surface area contributed by atoms with Gasteiger partial charge in [-0.05, 0) is 18.1 Å². The van der Waals surface area contributed by atoms with Crippen molar-refractivity contribution in [3.8, 4) is 0 Å². The lowest BCUT2D eigenvalue weighted by Crippen LogP contribution is -2.31. The second-order valence-corrected chi connectivity index (χ2v) is 5.50. The Balaban J connectivity index is 2.13. The van der Waals surface area contributed by atoms with Gasteiger partial charge in [-0.15, -0.1) is 0 Å². The fourth-order valence-electron chi connectivity index (χ4n) is 2.39. The van der Waals surface area contributed by atoms with Gasteiger partial charge in [0.25, 0.3) is 0 Å². The van der Waals surface area contributed by atoms with Crippen LogP contribution >= 0.6 is 0 Å². The first-order valence-electron chi connectivity index (χ1n) is 7.77. The van der Waals surface area contributed by atoms with Gasteiger partial charge in [0.2, 0.25) is 0 Å². The number of nitrogens with zero attached hydrogens (tertiary/aromatic N) is 1. The number of carbonyl (C=O) groups excluding carboxylic acids is 1. The van der Waals surface area contributed by atoms with E-state index in [9.17, 15) is 4.79 Å². The standard InChI is InChI=1S/C20H23NO2/c1-17(13-14-20(22)23-2)21(15-18-9-5-3-6-10-18)16-19-11-7-4-8-12-19/h3-14,17H,15-16H2,1-2H3/b14-13+/t17-/m0/s1. The average molecular weight is 309 g/mol. The predicted molar refractivity (Wildman–Crippen MR) is 92.7 cm³/mol. The molecule has 3 nitrogen and oxygen atoms in total. The van der Waals surface area contributed by atoms with E-state index in [1.807, 2.05) is 42.5 Å². The summed E-state index contributed by atoms with van der Waals surface area (Å²) in [5.41, 5.74) is 2.50. The molecule has 3 heteroatoms. The van der Waals surface area contributed by atoms with E-state index in [4.69, 9.17) is 0 Å². The van der Waals surface area contributed by atoms with Gasteiger partial charge in [-0.3, -0.25) is 4.90 Å². The quantitative estimate of drug-likeness (QED) is 0.575. The number of hydrogen-bond acceptors (Lipinski definition) is 3. The molecule has 2 aromatic rings. The Morgan fingerprint density at radius 3 is 1.91 bits per heavy atom. The fourth-order valence-corrected chi connectivity index (χ4v) is 2.39. The van der Waals surface area contributed by atoms with Gasteiger partial charge in [-0.2, -0.15) is 0 Å². The summed E-state index contributed by atoms with van der Waals surface area (Å²) in [5.74, 6) is -0.323. The Kier molecular flexibility index (Phi) is 6.57. The van der Waals surface area contributed by atoms with Gasteiger partial charge in [-0.25, -0.2) is 4.79 Å². The summed E-state index contributed by atoms with van der Waals surface area (Å²) in [6.45, 7) is 3.73. The van der Waals surface area contributed by atoms with Crippen LogP contribution in [0.1, 0.15) is 18.1 Å². The van der Waals surface area contributed by atoms with Crippen LogP contribution in [0.4, 0.5) is 0 Å². The van der Waals surface area contributed by atoms with Crippen molar-refractivity contribution in [2.45, 2.75) is 26.1 Å². The molecule has 0 heterocycles. The third kappa shape index (κ3) is 5.72. The largest absolute Gasteiger partial charge is 0.466 e. The van der Waals surface area contributed by atoms with E-state index in [0.717, 1.165) is 13.1 Å². The predicted octanol–water partition coefficient (Wildman–Crippen LogP) is 3.81. The highest BCUT2D eigenvalue weighted by molar-refractivity contribution is 5.81. The van der Waals surface area contributed by atoms with Crippen molar-refractivity contribution in [2.75, 3.05) is 7.11 Å². The van der Waals surface area contributed by atoms with E-state index >= 15 is 0 Å². The monoisotopic (exact) mass is 309 g/mol. The first-order chi connectivity index (χ1) is 11.2. The molecule has 0 saturated heterocycles. The topological polar surface area (TPSA) is 29.5 Å². The molecule has 0 aliphatic rings. The van der Waals surface area contributed by atoms with Crippen LogP contribution in [0, 0.1) is 0 Å². The van der Waals surface area contributed by atoms with E-state index in [-0.39, 0.29) is 12.0 Å². The van der Waals surface area contributed by atoms with Gasteiger partial charge >= 0.3 is 5.97 Å². The van der Waals surface area contributed by atoms with E-state index in [2.05, 4.69) is 40.8 Å². The molecule has 0 aliphatic heterocycles. The number of methoxy groups -OCH3 is 1. The first kappa shape index (κ1) is 17.0. The van der Waals surface area contributed by atoms with E-state index in [1.54, 1.807) is 0 Å². The summed E-state index contributed by atoms with van der Waals surface area (Å²) in [5, 5.41) is 0. The molecule has 0 aliphatic carbocycles. The lowest BCUT2D eigenvalue weighted by molar-refractivity contribution is -0.134. The van der Waals surface area contributed by atoms with E-state index in [1.165, 1.54) is 24.3 Å². The third-order valence-electron chi connectivity index (χ3n) is 3.74. The average Bonchev–Trinajstić information content (AvgIpc) is 2.60. The molecule has 120 valence electrons. The first-order valence-corrected chi connectivity index (χ1v) is 7.77. The summed E-state index contributed by atoms with van der Waals surface area (Å²) >= 11 is 0. The molecule has 0 amide bonds. The second-order valence-electron chi connectivity index (χ2n) is 5.50. The molecule has 0 spiro atoms. The molecule has 0 aromatic heterocycles. The molecule has 0 N–H and O–H groups in total. The minimum absolute atomic E-state index is 0.120. The maximum absolute atomic E-state index is 11.3. The Morgan fingerprint density at radius 2 is 1.48 bits per heavy atom. The van der Waals surface area contributed by atoms with Gasteiger partial charge in [0.1, 0.15) is 0 Å². The summed E-state index contributed by atoms with van der Waals surface area (Å²) in [4.78, 5) is 13.7. The van der Waals surface area contributed by atoms with Crippen LogP contribution in [0.15, 0.2) is 72.8 Å². The lowest BCUT2D eigenvalue weighted by Gasteiger charge is -2.27. The van der Waals surface area contributed by atoms with Crippen LogP contribution < -0.4 is 0 Å². The van der Waals surface area contributed by atoms with Crippen molar-refractivity contribution < 1.29 is 9.53 Å². The number of ether oxygens (including phenoxy) is 1. The molecule has 0 saturated carbocycles. The van der Waals surface area contributed by atoms with E-state index < -0.39 is 0 Å². The summed E-state index contributed by atoms with van der Waals surface area (Å²) in [6.07, 6.45) is 3.38. The van der Waals surface area contributed by atoms with Crippen LogP contribution in [-0.4, -0.2) is 24.0 Å². The molecule has 0 radical (unpaired) electrons. The molecule has 2 aromatic carbocycles. The molecule has 0 bridgehead atoms. The summed E-state index contributed by atoms with van der Waals surface area (Å²) in [7, 11) is 1.39. The summed E-state index contributed by atoms with van der Waals surface area (Å²) in [6, 6.07) is 20.8. The number of rotatable bonds is 7. The van der Waals surface area contributed by atoms with Gasteiger partial charge in [-0.1, -0.05) is 66.7 Å². The van der Waals surface area contributed by atoms with Crippen molar-refractivity contribution >= 4 is 5.97 Å². The Morgan fingerprint density at radius 1 is 1.00 bits per heavy atom. The number of esters is 1. The number of benzene rings is 2. The molecule has 1 atom stereocenters. The van der Waals surface area contributed by atoms with Crippen molar-refractivity contribution in [3.63, 3.8) is 0 Å². The maximum atomic E-state index is 11.3. The Bertz CT molecular complexity index is 581. The highest BCUT2D eigenvalue weighted by Gasteiger charge is 2.13. The molecule has 2 rings (SSSR count). The van der Waals surface area contributed by atoms with Crippen LogP contribution in [0.25, 0.3) is 0 Å². The maximum Gasteiger partial charge on any atom is 0.330 e. The molecule has 0 unspecified atom stereocenters. The van der Waals surface area contributed by atoms with Gasteiger partial charge in [0.05, 0.1) is 7.11 Å². The zero-order chi connectivity index (χ0) is 16.5. The zero-order valence-electron chi connectivity index (χ0n) is 13.7. The van der Waals surface area contributed by atoms with Crippen LogP contribution in [0.5, 0.6) is 0 Å². The van der Waals surface area contributed by atoms with Crippen LogP contribution in [0.3, 0.4) is 0 Å². The van der Waals surface area contributed by atoms with Crippen LogP contribution in [0.2, 0.25) is 0 Å².